The first kappa shape index (κ1) is 19.9. The van der Waals surface area contributed by atoms with Crippen LogP contribution in [0.15, 0.2) is 36.0 Å². The summed E-state index contributed by atoms with van der Waals surface area (Å²) in [6.07, 6.45) is 6.26. The number of rotatable bonds is 6. The maximum atomic E-state index is 12.8. The fraction of sp³-hybridized carbons (Fsp3) is 0.550. The van der Waals surface area contributed by atoms with Gasteiger partial charge in [-0.25, -0.2) is 0 Å². The minimum Gasteiger partial charge on any atom is -0.469 e. The van der Waals surface area contributed by atoms with Crippen molar-refractivity contribution in [1.29, 1.82) is 0 Å². The van der Waals surface area contributed by atoms with Gasteiger partial charge in [-0.2, -0.15) is 0 Å². The SMILES string of the molecule is C=CC1CC(C(=O)OCC)(C(=O)OCC)CC2=C1C=CC(C(=O)OC)C2. The van der Waals surface area contributed by atoms with Crippen LogP contribution < -0.4 is 0 Å². The Labute approximate surface area is 153 Å². The first-order valence-electron chi connectivity index (χ1n) is 8.88. The zero-order valence-corrected chi connectivity index (χ0v) is 15.6. The number of esters is 3. The molecule has 0 fully saturated rings. The van der Waals surface area contributed by atoms with E-state index in [-0.39, 0.29) is 37.9 Å². The van der Waals surface area contributed by atoms with Crippen LogP contribution in [0.4, 0.5) is 0 Å². The monoisotopic (exact) mass is 362 g/mol. The van der Waals surface area contributed by atoms with E-state index >= 15 is 0 Å². The van der Waals surface area contributed by atoms with Crippen LogP contribution in [0.3, 0.4) is 0 Å². The summed E-state index contributed by atoms with van der Waals surface area (Å²) < 4.78 is 15.3. The van der Waals surface area contributed by atoms with Crippen molar-refractivity contribution in [1.82, 2.24) is 0 Å². The Morgan fingerprint density at radius 1 is 1.23 bits per heavy atom. The third-order valence-corrected chi connectivity index (χ3v) is 4.99. The maximum absolute atomic E-state index is 12.8. The zero-order chi connectivity index (χ0) is 19.3. The summed E-state index contributed by atoms with van der Waals surface area (Å²) in [7, 11) is 1.34. The second kappa shape index (κ2) is 8.34. The van der Waals surface area contributed by atoms with Crippen molar-refractivity contribution >= 4 is 17.9 Å². The highest BCUT2D eigenvalue weighted by molar-refractivity contribution is 6.01. The van der Waals surface area contributed by atoms with Crippen LogP contribution in [-0.4, -0.2) is 38.2 Å². The van der Waals surface area contributed by atoms with Crippen molar-refractivity contribution < 1.29 is 28.6 Å². The molecule has 142 valence electrons. The Bertz CT molecular complexity index is 639. The summed E-state index contributed by atoms with van der Waals surface area (Å²) in [4.78, 5) is 37.4. The number of carbonyl (C=O) groups is 3. The normalized spacial score (nSPS) is 23.7. The number of methoxy groups -OCH3 is 1. The number of ether oxygens (including phenoxy) is 3. The summed E-state index contributed by atoms with van der Waals surface area (Å²) in [6, 6.07) is 0. The molecule has 2 rings (SSSR count). The molecular weight excluding hydrogens is 336 g/mol. The minimum absolute atomic E-state index is 0.176. The van der Waals surface area contributed by atoms with Gasteiger partial charge in [0.25, 0.3) is 0 Å². The lowest BCUT2D eigenvalue weighted by Gasteiger charge is -2.39. The number of hydrogen-bond donors (Lipinski definition) is 0. The predicted molar refractivity (Wildman–Crippen MR) is 94.9 cm³/mol. The third kappa shape index (κ3) is 3.59. The van der Waals surface area contributed by atoms with E-state index in [9.17, 15) is 14.4 Å². The van der Waals surface area contributed by atoms with Crippen molar-refractivity contribution in [2.75, 3.05) is 20.3 Å². The highest BCUT2D eigenvalue weighted by atomic mass is 16.6. The Kier molecular flexibility index (Phi) is 6.40. The lowest BCUT2D eigenvalue weighted by atomic mass is 9.64. The van der Waals surface area contributed by atoms with E-state index in [1.807, 2.05) is 12.2 Å². The van der Waals surface area contributed by atoms with Gasteiger partial charge in [0, 0.05) is 5.92 Å². The van der Waals surface area contributed by atoms with Gasteiger partial charge in [0.2, 0.25) is 0 Å². The van der Waals surface area contributed by atoms with Gasteiger partial charge in [-0.05, 0) is 38.7 Å². The van der Waals surface area contributed by atoms with Crippen LogP contribution >= 0.6 is 0 Å². The summed E-state index contributed by atoms with van der Waals surface area (Å²) in [6.45, 7) is 7.61. The molecule has 0 N–H and O–H groups in total. The highest BCUT2D eigenvalue weighted by Crippen LogP contribution is 2.48. The smallest absolute Gasteiger partial charge is 0.323 e. The maximum Gasteiger partial charge on any atom is 0.323 e. The van der Waals surface area contributed by atoms with Gasteiger partial charge >= 0.3 is 17.9 Å². The van der Waals surface area contributed by atoms with Crippen LogP contribution in [0.5, 0.6) is 0 Å². The second-order valence-corrected chi connectivity index (χ2v) is 6.50. The molecule has 0 saturated heterocycles. The molecule has 2 atom stereocenters. The largest absolute Gasteiger partial charge is 0.469 e. The van der Waals surface area contributed by atoms with Gasteiger partial charge in [0.1, 0.15) is 0 Å². The van der Waals surface area contributed by atoms with E-state index in [1.165, 1.54) is 7.11 Å². The van der Waals surface area contributed by atoms with Gasteiger partial charge in [-0.3, -0.25) is 14.4 Å². The van der Waals surface area contributed by atoms with Crippen molar-refractivity contribution in [3.63, 3.8) is 0 Å². The Morgan fingerprint density at radius 3 is 2.35 bits per heavy atom. The topological polar surface area (TPSA) is 78.9 Å². The standard InChI is InChI=1S/C20H26O6/c1-5-13-11-20(18(22)25-6-2,19(23)26-7-3)12-15-10-14(17(21)24-4)8-9-16(13)15/h5,8-9,13-14H,1,6-7,10-12H2,2-4H3. The van der Waals surface area contributed by atoms with Gasteiger partial charge in [0.15, 0.2) is 5.41 Å². The molecule has 2 aliphatic rings. The van der Waals surface area contributed by atoms with Crippen LogP contribution in [0, 0.1) is 17.3 Å². The number of allylic oxidation sites excluding steroid dienone is 4. The fourth-order valence-corrected chi connectivity index (χ4v) is 3.73. The molecule has 0 heterocycles. The van der Waals surface area contributed by atoms with Gasteiger partial charge in [0.05, 0.1) is 26.2 Å². The Morgan fingerprint density at radius 2 is 1.85 bits per heavy atom. The first-order valence-corrected chi connectivity index (χ1v) is 8.88. The molecule has 0 radical (unpaired) electrons. The van der Waals surface area contributed by atoms with Crippen molar-refractivity contribution in [3.8, 4) is 0 Å². The van der Waals surface area contributed by atoms with E-state index < -0.39 is 23.3 Å². The van der Waals surface area contributed by atoms with Crippen LogP contribution in [0.2, 0.25) is 0 Å². The quantitative estimate of drug-likeness (QED) is 0.313. The zero-order valence-electron chi connectivity index (χ0n) is 15.6. The number of carbonyl (C=O) groups excluding carboxylic acids is 3. The van der Waals surface area contributed by atoms with Crippen LogP contribution in [-0.2, 0) is 28.6 Å². The molecule has 0 amide bonds. The molecule has 0 aliphatic heterocycles. The van der Waals surface area contributed by atoms with Crippen LogP contribution in [0.25, 0.3) is 0 Å². The summed E-state index contributed by atoms with van der Waals surface area (Å²) in [5.41, 5.74) is 0.472. The van der Waals surface area contributed by atoms with E-state index in [1.54, 1.807) is 19.9 Å². The summed E-state index contributed by atoms with van der Waals surface area (Å²) >= 11 is 0. The average molecular weight is 362 g/mol. The molecular formula is C20H26O6. The Balaban J connectivity index is 2.44. The fourth-order valence-electron chi connectivity index (χ4n) is 3.73. The molecule has 0 aromatic rings. The summed E-state index contributed by atoms with van der Waals surface area (Å²) in [5.74, 6) is -2.12. The van der Waals surface area contributed by atoms with Crippen molar-refractivity contribution in [3.05, 3.63) is 36.0 Å². The van der Waals surface area contributed by atoms with E-state index in [0.717, 1.165) is 11.1 Å². The minimum atomic E-state index is -1.41. The molecule has 2 unspecified atom stereocenters. The van der Waals surface area contributed by atoms with Crippen molar-refractivity contribution in [2.24, 2.45) is 17.3 Å². The van der Waals surface area contributed by atoms with E-state index in [4.69, 9.17) is 14.2 Å². The van der Waals surface area contributed by atoms with Gasteiger partial charge in [-0.15, -0.1) is 6.58 Å². The first-order chi connectivity index (χ1) is 12.4. The molecule has 2 aliphatic carbocycles. The number of hydrogen-bond acceptors (Lipinski definition) is 6. The van der Waals surface area contributed by atoms with Gasteiger partial charge in [-0.1, -0.05) is 23.8 Å². The molecule has 0 aromatic carbocycles. The average Bonchev–Trinajstić information content (AvgIpc) is 2.66. The molecule has 6 heteroatoms. The van der Waals surface area contributed by atoms with Crippen LogP contribution in [0.1, 0.15) is 33.1 Å². The highest BCUT2D eigenvalue weighted by Gasteiger charge is 2.53. The van der Waals surface area contributed by atoms with E-state index in [0.29, 0.717) is 6.42 Å². The molecule has 0 spiro atoms. The van der Waals surface area contributed by atoms with Gasteiger partial charge < -0.3 is 14.2 Å². The molecule has 6 nitrogen and oxygen atoms in total. The van der Waals surface area contributed by atoms with Crippen molar-refractivity contribution in [2.45, 2.75) is 33.1 Å². The molecule has 26 heavy (non-hydrogen) atoms. The lowest BCUT2D eigenvalue weighted by molar-refractivity contribution is -0.173. The molecule has 0 aromatic heterocycles. The second-order valence-electron chi connectivity index (χ2n) is 6.50. The molecule has 0 bridgehead atoms. The molecule has 0 saturated carbocycles. The van der Waals surface area contributed by atoms with E-state index in [2.05, 4.69) is 6.58 Å². The summed E-state index contributed by atoms with van der Waals surface area (Å²) in [5, 5.41) is 0. The third-order valence-electron chi connectivity index (χ3n) is 4.99. The predicted octanol–water partition coefficient (Wildman–Crippen LogP) is 2.74. The Hall–Kier alpha value is -2.37. The lowest BCUT2D eigenvalue weighted by Crippen LogP contribution is -2.46.